The molecule has 1 aromatic rings. The third kappa shape index (κ3) is 4.29. The standard InChI is InChI=1S/C11H14ClFN2O2S.ClH/c12-10-6-8(13)3-4-11(10)18(16,17)15-9-2-1-5-14-7-9;/h3-4,6,9,14-15H,1-2,5,7H2;1H/t9-;/m1./s1. The van der Waals surface area contributed by atoms with Gasteiger partial charge < -0.3 is 5.32 Å². The summed E-state index contributed by atoms with van der Waals surface area (Å²) in [6.07, 6.45) is 1.70. The fourth-order valence-corrected chi connectivity index (χ4v) is 3.73. The van der Waals surface area contributed by atoms with Gasteiger partial charge in [-0.15, -0.1) is 12.4 Å². The van der Waals surface area contributed by atoms with E-state index in [1.54, 1.807) is 0 Å². The Hall–Kier alpha value is -0.400. The Morgan fingerprint density at radius 3 is 2.74 bits per heavy atom. The average molecular weight is 329 g/mol. The first-order chi connectivity index (χ1) is 8.49. The van der Waals surface area contributed by atoms with E-state index in [4.69, 9.17) is 11.6 Å². The molecular formula is C11H15Cl2FN2O2S. The lowest BCUT2D eigenvalue weighted by atomic mass is 10.1. The van der Waals surface area contributed by atoms with E-state index in [2.05, 4.69) is 10.0 Å². The van der Waals surface area contributed by atoms with E-state index in [0.717, 1.165) is 31.5 Å². The average Bonchev–Trinajstić information content (AvgIpc) is 2.29. The number of hydrogen-bond donors (Lipinski definition) is 2. The topological polar surface area (TPSA) is 58.2 Å². The maximum atomic E-state index is 12.9. The SMILES string of the molecule is Cl.O=S(=O)(N[C@@H]1CCCNC1)c1ccc(F)cc1Cl. The zero-order valence-electron chi connectivity index (χ0n) is 10.0. The second kappa shape index (κ2) is 6.85. The third-order valence-electron chi connectivity index (χ3n) is 2.80. The van der Waals surface area contributed by atoms with E-state index in [9.17, 15) is 12.8 Å². The molecule has 0 radical (unpaired) electrons. The van der Waals surface area contributed by atoms with Crippen LogP contribution in [0.5, 0.6) is 0 Å². The first-order valence-electron chi connectivity index (χ1n) is 5.67. The van der Waals surface area contributed by atoms with E-state index in [-0.39, 0.29) is 28.4 Å². The molecule has 0 spiro atoms. The highest BCUT2D eigenvalue weighted by molar-refractivity contribution is 7.89. The summed E-state index contributed by atoms with van der Waals surface area (Å²) in [6.45, 7) is 1.49. The van der Waals surface area contributed by atoms with Gasteiger partial charge in [0.05, 0.1) is 5.02 Å². The summed E-state index contributed by atoms with van der Waals surface area (Å²) in [5.41, 5.74) is 0. The molecule has 0 amide bonds. The van der Waals surface area contributed by atoms with E-state index in [0.29, 0.717) is 6.54 Å². The lowest BCUT2D eigenvalue weighted by Crippen LogP contribution is -2.45. The minimum atomic E-state index is -3.70. The van der Waals surface area contributed by atoms with Gasteiger partial charge in [0.1, 0.15) is 10.7 Å². The molecule has 2 N–H and O–H groups in total. The number of halogens is 3. The van der Waals surface area contributed by atoms with E-state index in [1.165, 1.54) is 6.07 Å². The molecule has 8 heteroatoms. The molecule has 0 unspecified atom stereocenters. The fraction of sp³-hybridized carbons (Fsp3) is 0.455. The molecule has 1 saturated heterocycles. The maximum Gasteiger partial charge on any atom is 0.242 e. The molecule has 4 nitrogen and oxygen atoms in total. The molecule has 1 heterocycles. The van der Waals surface area contributed by atoms with Crippen molar-refractivity contribution in [3.05, 3.63) is 29.0 Å². The predicted molar refractivity (Wildman–Crippen MR) is 74.9 cm³/mol. The molecule has 108 valence electrons. The van der Waals surface area contributed by atoms with Gasteiger partial charge >= 0.3 is 0 Å². The van der Waals surface area contributed by atoms with Crippen LogP contribution >= 0.6 is 24.0 Å². The summed E-state index contributed by atoms with van der Waals surface area (Å²) in [7, 11) is -3.70. The molecule has 19 heavy (non-hydrogen) atoms. The van der Waals surface area contributed by atoms with Crippen molar-refractivity contribution < 1.29 is 12.8 Å². The van der Waals surface area contributed by atoms with Gasteiger partial charge in [0.15, 0.2) is 0 Å². The highest BCUT2D eigenvalue weighted by Crippen LogP contribution is 2.22. The number of nitrogens with one attached hydrogen (secondary N) is 2. The summed E-state index contributed by atoms with van der Waals surface area (Å²) in [5, 5.41) is 3.01. The van der Waals surface area contributed by atoms with Crippen LogP contribution in [0.3, 0.4) is 0 Å². The van der Waals surface area contributed by atoms with Crippen molar-refractivity contribution in [3.8, 4) is 0 Å². The van der Waals surface area contributed by atoms with Crippen LogP contribution in [0.2, 0.25) is 5.02 Å². The summed E-state index contributed by atoms with van der Waals surface area (Å²) >= 11 is 5.76. The zero-order chi connectivity index (χ0) is 13.2. The summed E-state index contributed by atoms with van der Waals surface area (Å²) < 4.78 is 39.6. The molecule has 0 aromatic heterocycles. The number of piperidine rings is 1. The Kier molecular flexibility index (Phi) is 6.01. The number of benzene rings is 1. The van der Waals surface area contributed by atoms with Crippen LogP contribution in [0.25, 0.3) is 0 Å². The van der Waals surface area contributed by atoms with Gasteiger partial charge in [0.25, 0.3) is 0 Å². The van der Waals surface area contributed by atoms with Crippen LogP contribution in [0.1, 0.15) is 12.8 Å². The van der Waals surface area contributed by atoms with Gasteiger partial charge in [-0.1, -0.05) is 11.6 Å². The van der Waals surface area contributed by atoms with E-state index >= 15 is 0 Å². The van der Waals surface area contributed by atoms with Crippen LogP contribution < -0.4 is 10.0 Å². The number of rotatable bonds is 3. The molecule has 1 fully saturated rings. The largest absolute Gasteiger partial charge is 0.315 e. The molecule has 1 aliphatic rings. The van der Waals surface area contributed by atoms with Crippen molar-refractivity contribution >= 4 is 34.0 Å². The van der Waals surface area contributed by atoms with Crippen molar-refractivity contribution in [3.63, 3.8) is 0 Å². The smallest absolute Gasteiger partial charge is 0.242 e. The monoisotopic (exact) mass is 328 g/mol. The van der Waals surface area contributed by atoms with Gasteiger partial charge in [-0.2, -0.15) is 0 Å². The zero-order valence-corrected chi connectivity index (χ0v) is 12.4. The highest BCUT2D eigenvalue weighted by atomic mass is 35.5. The Bertz CT molecular complexity index is 533. The maximum absolute atomic E-state index is 12.9. The Balaban J connectivity index is 0.00000180. The van der Waals surface area contributed by atoms with Crippen molar-refractivity contribution in [1.29, 1.82) is 0 Å². The molecule has 0 bridgehead atoms. The molecule has 1 aromatic carbocycles. The van der Waals surface area contributed by atoms with Gasteiger partial charge in [0.2, 0.25) is 10.0 Å². The quantitative estimate of drug-likeness (QED) is 0.891. The van der Waals surface area contributed by atoms with Gasteiger partial charge in [-0.25, -0.2) is 17.5 Å². The van der Waals surface area contributed by atoms with Gasteiger partial charge in [0, 0.05) is 12.6 Å². The van der Waals surface area contributed by atoms with E-state index < -0.39 is 15.8 Å². The lowest BCUT2D eigenvalue weighted by molar-refractivity contribution is 0.428. The second-order valence-corrected chi connectivity index (χ2v) is 6.33. The number of sulfonamides is 1. The highest BCUT2D eigenvalue weighted by Gasteiger charge is 2.23. The summed E-state index contributed by atoms with van der Waals surface area (Å²) in [6, 6.07) is 3.11. The molecule has 1 aliphatic heterocycles. The van der Waals surface area contributed by atoms with Crippen LogP contribution in [0.4, 0.5) is 4.39 Å². The first kappa shape index (κ1) is 16.7. The van der Waals surface area contributed by atoms with Crippen LogP contribution in [0.15, 0.2) is 23.1 Å². The van der Waals surface area contributed by atoms with Crippen molar-refractivity contribution in [2.24, 2.45) is 0 Å². The van der Waals surface area contributed by atoms with Crippen molar-refractivity contribution in [1.82, 2.24) is 10.0 Å². The Morgan fingerprint density at radius 1 is 1.42 bits per heavy atom. The molecular weight excluding hydrogens is 314 g/mol. The Labute approximate surface area is 123 Å². The van der Waals surface area contributed by atoms with Gasteiger partial charge in [-0.3, -0.25) is 0 Å². The minimum Gasteiger partial charge on any atom is -0.315 e. The molecule has 1 atom stereocenters. The third-order valence-corrected chi connectivity index (χ3v) is 4.81. The molecule has 0 saturated carbocycles. The fourth-order valence-electron chi connectivity index (χ4n) is 1.93. The van der Waals surface area contributed by atoms with Crippen LogP contribution in [0, 0.1) is 5.82 Å². The molecule has 0 aliphatic carbocycles. The molecule has 2 rings (SSSR count). The van der Waals surface area contributed by atoms with Crippen LogP contribution in [-0.2, 0) is 10.0 Å². The minimum absolute atomic E-state index is 0. The summed E-state index contributed by atoms with van der Waals surface area (Å²) in [5.74, 6) is -0.557. The second-order valence-electron chi connectivity index (χ2n) is 4.24. The first-order valence-corrected chi connectivity index (χ1v) is 7.53. The van der Waals surface area contributed by atoms with E-state index in [1.807, 2.05) is 0 Å². The Morgan fingerprint density at radius 2 is 2.16 bits per heavy atom. The van der Waals surface area contributed by atoms with Crippen molar-refractivity contribution in [2.45, 2.75) is 23.8 Å². The van der Waals surface area contributed by atoms with Crippen molar-refractivity contribution in [2.75, 3.05) is 13.1 Å². The lowest BCUT2D eigenvalue weighted by Gasteiger charge is -2.23. The normalized spacial score (nSPS) is 19.8. The number of hydrogen-bond acceptors (Lipinski definition) is 3. The van der Waals surface area contributed by atoms with Gasteiger partial charge in [-0.05, 0) is 37.6 Å². The van der Waals surface area contributed by atoms with Crippen LogP contribution in [-0.4, -0.2) is 27.5 Å². The predicted octanol–water partition coefficient (Wildman–Crippen LogP) is 1.93. The summed E-state index contributed by atoms with van der Waals surface area (Å²) in [4.78, 5) is -0.0869.